The number of hydrogen-bond acceptors (Lipinski definition) is 1. The van der Waals surface area contributed by atoms with Gasteiger partial charge in [0.1, 0.15) is 0 Å². The molecule has 3 rings (SSSR count). The lowest BCUT2D eigenvalue weighted by molar-refractivity contribution is 0.644. The molecule has 0 radical (unpaired) electrons. The van der Waals surface area contributed by atoms with Crippen LogP contribution >= 0.6 is 0 Å². The molecule has 2 aromatic carbocycles. The van der Waals surface area contributed by atoms with Gasteiger partial charge < -0.3 is 0 Å². The van der Waals surface area contributed by atoms with E-state index in [9.17, 15) is 4.79 Å². The second-order valence-corrected chi connectivity index (χ2v) is 6.41. The van der Waals surface area contributed by atoms with Crippen molar-refractivity contribution in [3.8, 4) is 16.9 Å². The van der Waals surface area contributed by atoms with Crippen LogP contribution in [0, 0.1) is 12.8 Å². The molecule has 1 heterocycles. The van der Waals surface area contributed by atoms with Crippen LogP contribution in [0.15, 0.2) is 59.4 Å². The zero-order chi connectivity index (χ0) is 16.4. The van der Waals surface area contributed by atoms with Gasteiger partial charge in [0.05, 0.1) is 11.4 Å². The van der Waals surface area contributed by atoms with Crippen LogP contribution in [-0.4, -0.2) is 9.78 Å². The SMILES string of the molecule is Cc1cccc(-n2[nH]c(-c3ccccc3)c(CC(C)C)c2=O)c1. The van der Waals surface area contributed by atoms with E-state index in [4.69, 9.17) is 0 Å². The molecule has 118 valence electrons. The van der Waals surface area contributed by atoms with Crippen molar-refractivity contribution in [2.45, 2.75) is 27.2 Å². The monoisotopic (exact) mass is 306 g/mol. The van der Waals surface area contributed by atoms with Crippen molar-refractivity contribution >= 4 is 0 Å². The van der Waals surface area contributed by atoms with Gasteiger partial charge in [-0.05, 0) is 42.5 Å². The van der Waals surface area contributed by atoms with E-state index in [1.54, 1.807) is 4.68 Å². The predicted molar refractivity (Wildman–Crippen MR) is 95.1 cm³/mol. The van der Waals surface area contributed by atoms with E-state index in [2.05, 4.69) is 18.9 Å². The number of aromatic amines is 1. The lowest BCUT2D eigenvalue weighted by Crippen LogP contribution is -2.18. The molecule has 0 saturated heterocycles. The van der Waals surface area contributed by atoms with E-state index in [-0.39, 0.29) is 5.56 Å². The van der Waals surface area contributed by atoms with Gasteiger partial charge in [-0.2, -0.15) is 0 Å². The minimum absolute atomic E-state index is 0.0446. The average molecular weight is 306 g/mol. The van der Waals surface area contributed by atoms with Crippen molar-refractivity contribution in [1.29, 1.82) is 0 Å². The fourth-order valence-corrected chi connectivity index (χ4v) is 2.86. The number of nitrogens with one attached hydrogen (secondary N) is 1. The third-order valence-electron chi connectivity index (χ3n) is 3.92. The summed E-state index contributed by atoms with van der Waals surface area (Å²) in [5.74, 6) is 0.423. The molecule has 0 saturated carbocycles. The number of aryl methyl sites for hydroxylation is 1. The molecule has 0 aliphatic carbocycles. The first kappa shape index (κ1) is 15.3. The molecule has 1 aromatic heterocycles. The van der Waals surface area contributed by atoms with Crippen LogP contribution < -0.4 is 5.56 Å². The van der Waals surface area contributed by atoms with Gasteiger partial charge in [0, 0.05) is 5.56 Å². The first-order valence-electron chi connectivity index (χ1n) is 8.02. The van der Waals surface area contributed by atoms with Crippen LogP contribution in [0.2, 0.25) is 0 Å². The van der Waals surface area contributed by atoms with E-state index in [0.717, 1.165) is 34.5 Å². The third-order valence-corrected chi connectivity index (χ3v) is 3.92. The first-order chi connectivity index (χ1) is 11.1. The lowest BCUT2D eigenvalue weighted by atomic mass is 10.00. The molecule has 0 fully saturated rings. The molecule has 0 spiro atoms. The Bertz CT molecular complexity index is 857. The van der Waals surface area contributed by atoms with Crippen molar-refractivity contribution in [3.63, 3.8) is 0 Å². The van der Waals surface area contributed by atoms with Gasteiger partial charge in [-0.15, -0.1) is 0 Å². The van der Waals surface area contributed by atoms with E-state index < -0.39 is 0 Å². The van der Waals surface area contributed by atoms with Crippen LogP contribution in [0.1, 0.15) is 25.0 Å². The Kier molecular flexibility index (Phi) is 4.20. The molecule has 0 bridgehead atoms. The summed E-state index contributed by atoms with van der Waals surface area (Å²) < 4.78 is 1.66. The largest absolute Gasteiger partial charge is 0.290 e. The summed E-state index contributed by atoms with van der Waals surface area (Å²) >= 11 is 0. The summed E-state index contributed by atoms with van der Waals surface area (Å²) in [6.45, 7) is 6.31. The quantitative estimate of drug-likeness (QED) is 0.765. The zero-order valence-corrected chi connectivity index (χ0v) is 13.8. The van der Waals surface area contributed by atoms with Gasteiger partial charge in [-0.1, -0.05) is 56.3 Å². The van der Waals surface area contributed by atoms with Crippen molar-refractivity contribution in [2.24, 2.45) is 5.92 Å². The highest BCUT2D eigenvalue weighted by atomic mass is 16.1. The summed E-state index contributed by atoms with van der Waals surface area (Å²) in [4.78, 5) is 12.9. The van der Waals surface area contributed by atoms with Crippen LogP contribution in [0.25, 0.3) is 16.9 Å². The summed E-state index contributed by atoms with van der Waals surface area (Å²) in [6, 6.07) is 18.0. The van der Waals surface area contributed by atoms with Crippen molar-refractivity contribution < 1.29 is 0 Å². The van der Waals surface area contributed by atoms with Gasteiger partial charge in [-0.3, -0.25) is 9.89 Å². The molecule has 0 amide bonds. The van der Waals surface area contributed by atoms with E-state index >= 15 is 0 Å². The second-order valence-electron chi connectivity index (χ2n) is 6.41. The highest BCUT2D eigenvalue weighted by Crippen LogP contribution is 2.22. The van der Waals surface area contributed by atoms with Crippen molar-refractivity contribution in [2.75, 3.05) is 0 Å². The van der Waals surface area contributed by atoms with Crippen molar-refractivity contribution in [1.82, 2.24) is 9.78 Å². The standard InChI is InChI=1S/C20H22N2O/c1-14(2)12-18-19(16-9-5-4-6-10-16)21-22(20(18)23)17-11-7-8-15(3)13-17/h4-11,13-14,21H,12H2,1-3H3. The zero-order valence-electron chi connectivity index (χ0n) is 13.8. The maximum atomic E-state index is 12.9. The van der Waals surface area contributed by atoms with Gasteiger partial charge in [0.15, 0.2) is 0 Å². The predicted octanol–water partition coefficient (Wildman–Crippen LogP) is 4.34. The van der Waals surface area contributed by atoms with Crippen LogP contribution in [0.3, 0.4) is 0 Å². The fourth-order valence-electron chi connectivity index (χ4n) is 2.86. The number of hydrogen-bond donors (Lipinski definition) is 1. The summed E-state index contributed by atoms with van der Waals surface area (Å²) in [5.41, 5.74) is 4.88. The Hall–Kier alpha value is -2.55. The van der Waals surface area contributed by atoms with E-state index in [0.29, 0.717) is 5.92 Å². The number of H-pyrrole nitrogens is 1. The summed E-state index contributed by atoms with van der Waals surface area (Å²) in [6.07, 6.45) is 0.762. The number of rotatable bonds is 4. The molecule has 0 unspecified atom stereocenters. The second kappa shape index (κ2) is 6.29. The Morgan fingerprint density at radius 1 is 1.04 bits per heavy atom. The lowest BCUT2D eigenvalue weighted by Gasteiger charge is -2.04. The minimum Gasteiger partial charge on any atom is -0.290 e. The smallest absolute Gasteiger partial charge is 0.275 e. The van der Waals surface area contributed by atoms with E-state index in [1.165, 1.54) is 0 Å². The summed E-state index contributed by atoms with van der Waals surface area (Å²) in [7, 11) is 0. The van der Waals surface area contributed by atoms with Gasteiger partial charge >= 0.3 is 0 Å². The fraction of sp³-hybridized carbons (Fsp3) is 0.250. The Labute approximate surface area is 136 Å². The third kappa shape index (κ3) is 3.14. The normalized spacial score (nSPS) is 11.1. The van der Waals surface area contributed by atoms with Crippen molar-refractivity contribution in [3.05, 3.63) is 76.1 Å². The average Bonchev–Trinajstić information content (AvgIpc) is 2.85. The molecule has 0 aliphatic heterocycles. The van der Waals surface area contributed by atoms with E-state index in [1.807, 2.05) is 61.5 Å². The molecular formula is C20H22N2O. The molecule has 0 atom stereocenters. The highest BCUT2D eigenvalue weighted by molar-refractivity contribution is 5.63. The molecular weight excluding hydrogens is 284 g/mol. The highest BCUT2D eigenvalue weighted by Gasteiger charge is 2.17. The summed E-state index contributed by atoms with van der Waals surface area (Å²) in [5, 5.41) is 3.32. The molecule has 3 nitrogen and oxygen atoms in total. The number of nitrogens with zero attached hydrogens (tertiary/aromatic N) is 1. The Morgan fingerprint density at radius 2 is 1.78 bits per heavy atom. The van der Waals surface area contributed by atoms with Crippen LogP contribution in [0.4, 0.5) is 0 Å². The van der Waals surface area contributed by atoms with Crippen LogP contribution in [-0.2, 0) is 6.42 Å². The number of benzene rings is 2. The van der Waals surface area contributed by atoms with Gasteiger partial charge in [0.25, 0.3) is 5.56 Å². The van der Waals surface area contributed by atoms with Crippen LogP contribution in [0.5, 0.6) is 0 Å². The molecule has 3 heteroatoms. The first-order valence-corrected chi connectivity index (χ1v) is 8.02. The number of aromatic nitrogens is 2. The molecule has 3 aromatic rings. The Morgan fingerprint density at radius 3 is 2.43 bits per heavy atom. The maximum absolute atomic E-state index is 12.9. The molecule has 1 N–H and O–H groups in total. The minimum atomic E-state index is 0.0446. The topological polar surface area (TPSA) is 37.8 Å². The molecule has 23 heavy (non-hydrogen) atoms. The van der Waals surface area contributed by atoms with Gasteiger partial charge in [-0.25, -0.2) is 4.68 Å². The maximum Gasteiger partial charge on any atom is 0.275 e. The van der Waals surface area contributed by atoms with Gasteiger partial charge in [0.2, 0.25) is 0 Å². The molecule has 0 aliphatic rings. The Balaban J connectivity index is 2.20.